The van der Waals surface area contributed by atoms with E-state index >= 15 is 0 Å². The molecule has 0 amide bonds. The molecule has 1 rings (SSSR count). The Kier molecular flexibility index (Phi) is 3.21. The first-order valence-corrected chi connectivity index (χ1v) is 5.33. The molecule has 0 heterocycles. The van der Waals surface area contributed by atoms with Crippen LogP contribution in [-0.4, -0.2) is 5.17 Å². The van der Waals surface area contributed by atoms with Gasteiger partial charge in [-0.25, -0.2) is 0 Å². The van der Waals surface area contributed by atoms with Crippen molar-refractivity contribution in [2.24, 2.45) is 5.73 Å². The zero-order valence-corrected chi connectivity index (χ0v) is 9.61. The van der Waals surface area contributed by atoms with E-state index in [4.69, 9.17) is 11.1 Å². The highest BCUT2D eigenvalue weighted by Gasteiger charge is 2.12. The summed E-state index contributed by atoms with van der Waals surface area (Å²) in [5, 5.41) is 7.28. The fraction of sp³-hybridized carbons (Fsp3) is 0.364. The molecule has 14 heavy (non-hydrogen) atoms. The maximum atomic E-state index is 7.15. The van der Waals surface area contributed by atoms with Crippen LogP contribution < -0.4 is 5.73 Å². The average Bonchev–Trinajstić information content (AvgIpc) is 2.02. The predicted molar refractivity (Wildman–Crippen MR) is 62.9 cm³/mol. The summed E-state index contributed by atoms with van der Waals surface area (Å²) >= 11 is 1.28. The Labute approximate surface area is 89.4 Å². The van der Waals surface area contributed by atoms with Crippen LogP contribution in [0.3, 0.4) is 0 Å². The Bertz CT molecular complexity index is 322. The fourth-order valence-corrected chi connectivity index (χ4v) is 1.68. The molecule has 0 saturated heterocycles. The number of nitrogens with one attached hydrogen (secondary N) is 1. The Balaban J connectivity index is 2.84. The van der Waals surface area contributed by atoms with Crippen LogP contribution in [0.1, 0.15) is 26.3 Å². The van der Waals surface area contributed by atoms with Gasteiger partial charge in [0, 0.05) is 4.90 Å². The highest BCUT2D eigenvalue weighted by molar-refractivity contribution is 8.13. The van der Waals surface area contributed by atoms with Gasteiger partial charge in [0.15, 0.2) is 5.17 Å². The monoisotopic (exact) mass is 208 g/mol. The van der Waals surface area contributed by atoms with Crippen LogP contribution in [0.25, 0.3) is 0 Å². The van der Waals surface area contributed by atoms with Crippen LogP contribution in [0.2, 0.25) is 0 Å². The molecular weight excluding hydrogens is 192 g/mol. The molecule has 0 bridgehead atoms. The molecule has 0 radical (unpaired) electrons. The Hall–Kier alpha value is -0.960. The topological polar surface area (TPSA) is 49.9 Å². The molecule has 0 aliphatic carbocycles. The van der Waals surface area contributed by atoms with Gasteiger partial charge >= 0.3 is 0 Å². The van der Waals surface area contributed by atoms with Crippen LogP contribution in [0.5, 0.6) is 0 Å². The number of thioether (sulfide) groups is 1. The van der Waals surface area contributed by atoms with E-state index in [1.54, 1.807) is 0 Å². The smallest absolute Gasteiger partial charge is 0.155 e. The van der Waals surface area contributed by atoms with Crippen LogP contribution in [0.15, 0.2) is 29.2 Å². The third-order valence-electron chi connectivity index (χ3n) is 1.95. The molecular formula is C11H16N2S. The Morgan fingerprint density at radius 3 is 2.07 bits per heavy atom. The Morgan fingerprint density at radius 1 is 1.21 bits per heavy atom. The van der Waals surface area contributed by atoms with Gasteiger partial charge in [-0.15, -0.1) is 0 Å². The number of benzene rings is 1. The summed E-state index contributed by atoms with van der Waals surface area (Å²) in [5.74, 6) is 0. The van der Waals surface area contributed by atoms with Crippen molar-refractivity contribution in [3.63, 3.8) is 0 Å². The maximum absolute atomic E-state index is 7.15. The minimum absolute atomic E-state index is 0.133. The van der Waals surface area contributed by atoms with E-state index in [2.05, 4.69) is 32.9 Å². The van der Waals surface area contributed by atoms with Crippen molar-refractivity contribution in [1.82, 2.24) is 0 Å². The quantitative estimate of drug-likeness (QED) is 0.423. The van der Waals surface area contributed by atoms with Crippen molar-refractivity contribution in [2.45, 2.75) is 31.1 Å². The van der Waals surface area contributed by atoms with E-state index in [1.165, 1.54) is 17.3 Å². The van der Waals surface area contributed by atoms with E-state index < -0.39 is 0 Å². The zero-order chi connectivity index (χ0) is 10.8. The fourth-order valence-electron chi connectivity index (χ4n) is 1.15. The third kappa shape index (κ3) is 3.07. The summed E-state index contributed by atoms with van der Waals surface area (Å²) < 4.78 is 0. The molecule has 0 unspecified atom stereocenters. The van der Waals surface area contributed by atoms with Crippen molar-refractivity contribution in [3.8, 4) is 0 Å². The van der Waals surface area contributed by atoms with Crippen LogP contribution in [0, 0.1) is 5.41 Å². The van der Waals surface area contributed by atoms with Gasteiger partial charge in [0.05, 0.1) is 0 Å². The highest BCUT2D eigenvalue weighted by atomic mass is 32.2. The van der Waals surface area contributed by atoms with Gasteiger partial charge in [0.2, 0.25) is 0 Å². The van der Waals surface area contributed by atoms with Crippen molar-refractivity contribution >= 4 is 16.9 Å². The number of hydrogen-bond acceptors (Lipinski definition) is 2. The predicted octanol–water partition coefficient (Wildman–Crippen LogP) is 2.97. The lowest BCUT2D eigenvalue weighted by Crippen LogP contribution is -2.10. The minimum atomic E-state index is 0.133. The van der Waals surface area contributed by atoms with E-state index in [1.807, 2.05) is 12.1 Å². The lowest BCUT2D eigenvalue weighted by atomic mass is 9.87. The van der Waals surface area contributed by atoms with E-state index in [0.717, 1.165) is 4.90 Å². The Morgan fingerprint density at radius 2 is 1.71 bits per heavy atom. The van der Waals surface area contributed by atoms with Gasteiger partial charge in [-0.3, -0.25) is 5.41 Å². The summed E-state index contributed by atoms with van der Waals surface area (Å²) in [4.78, 5) is 1.02. The SMILES string of the molecule is CC(C)(C)c1ccc(SC(=N)N)cc1. The van der Waals surface area contributed by atoms with E-state index in [0.29, 0.717) is 0 Å². The molecule has 76 valence electrons. The zero-order valence-electron chi connectivity index (χ0n) is 8.79. The molecule has 3 N–H and O–H groups in total. The molecule has 0 atom stereocenters. The first-order chi connectivity index (χ1) is 6.39. The van der Waals surface area contributed by atoms with Gasteiger partial charge < -0.3 is 5.73 Å². The van der Waals surface area contributed by atoms with E-state index in [-0.39, 0.29) is 10.6 Å². The minimum Gasteiger partial charge on any atom is -0.378 e. The largest absolute Gasteiger partial charge is 0.378 e. The second kappa shape index (κ2) is 4.05. The number of nitrogens with two attached hydrogens (primary N) is 1. The second-order valence-electron chi connectivity index (χ2n) is 4.24. The molecule has 0 aromatic heterocycles. The lowest BCUT2D eigenvalue weighted by molar-refractivity contribution is 0.590. The summed E-state index contributed by atoms with van der Waals surface area (Å²) in [5.41, 5.74) is 6.77. The van der Waals surface area contributed by atoms with E-state index in [9.17, 15) is 0 Å². The molecule has 0 aliphatic rings. The van der Waals surface area contributed by atoms with Gasteiger partial charge in [-0.2, -0.15) is 0 Å². The molecule has 3 heteroatoms. The van der Waals surface area contributed by atoms with Gasteiger partial charge in [0.1, 0.15) is 0 Å². The van der Waals surface area contributed by atoms with Gasteiger partial charge in [-0.1, -0.05) is 44.7 Å². The van der Waals surface area contributed by atoms with Crippen molar-refractivity contribution in [2.75, 3.05) is 0 Å². The molecule has 0 spiro atoms. The maximum Gasteiger partial charge on any atom is 0.155 e. The molecule has 0 fully saturated rings. The molecule has 2 nitrogen and oxygen atoms in total. The van der Waals surface area contributed by atoms with Gasteiger partial charge in [0.25, 0.3) is 0 Å². The molecule has 0 saturated carbocycles. The average molecular weight is 208 g/mol. The second-order valence-corrected chi connectivity index (χ2v) is 5.36. The summed E-state index contributed by atoms with van der Waals surface area (Å²) in [6.07, 6.45) is 0. The normalized spacial score (nSPS) is 11.4. The van der Waals surface area contributed by atoms with Crippen molar-refractivity contribution < 1.29 is 0 Å². The molecule has 1 aromatic carbocycles. The number of amidine groups is 1. The van der Waals surface area contributed by atoms with Crippen LogP contribution in [-0.2, 0) is 5.41 Å². The summed E-state index contributed by atoms with van der Waals surface area (Å²) in [6.45, 7) is 6.54. The first-order valence-electron chi connectivity index (χ1n) is 4.52. The van der Waals surface area contributed by atoms with Crippen molar-refractivity contribution in [1.29, 1.82) is 5.41 Å². The van der Waals surface area contributed by atoms with Crippen molar-refractivity contribution in [3.05, 3.63) is 29.8 Å². The summed E-state index contributed by atoms with van der Waals surface area (Å²) in [7, 11) is 0. The highest BCUT2D eigenvalue weighted by Crippen LogP contribution is 2.25. The summed E-state index contributed by atoms with van der Waals surface area (Å²) in [6, 6.07) is 8.19. The molecule has 0 aliphatic heterocycles. The molecule has 1 aromatic rings. The third-order valence-corrected chi connectivity index (χ3v) is 2.68. The van der Waals surface area contributed by atoms with Crippen LogP contribution in [0.4, 0.5) is 0 Å². The number of rotatable bonds is 1. The lowest BCUT2D eigenvalue weighted by Gasteiger charge is -2.18. The standard InChI is InChI=1S/C11H16N2S/c1-11(2,3)8-4-6-9(7-5-8)14-10(12)13/h4-7H,1-3H3,(H3,12,13). The number of hydrogen-bond donors (Lipinski definition) is 2. The first kappa shape index (κ1) is 11.1. The van der Waals surface area contributed by atoms with Crippen LogP contribution >= 0.6 is 11.8 Å². The van der Waals surface area contributed by atoms with Gasteiger partial charge in [-0.05, 0) is 23.1 Å².